The second kappa shape index (κ2) is 8.15. The van der Waals surface area contributed by atoms with E-state index in [2.05, 4.69) is 10.6 Å². The van der Waals surface area contributed by atoms with Crippen LogP contribution in [0, 0.1) is 5.92 Å². The Morgan fingerprint density at radius 2 is 1.91 bits per heavy atom. The predicted octanol–water partition coefficient (Wildman–Crippen LogP) is 1.70. The van der Waals surface area contributed by atoms with Gasteiger partial charge in [-0.15, -0.1) is 0 Å². The zero-order valence-electron chi connectivity index (χ0n) is 12.5. The van der Waals surface area contributed by atoms with E-state index in [0.29, 0.717) is 30.1 Å². The van der Waals surface area contributed by atoms with E-state index < -0.39 is 0 Å². The van der Waals surface area contributed by atoms with Gasteiger partial charge in [-0.25, -0.2) is 0 Å². The molecule has 2 amide bonds. The highest BCUT2D eigenvalue weighted by molar-refractivity contribution is 6.33. The SMILES string of the molecule is N[C@@H]1CCC[C@H]1CC(=O)NCCNC(=O)c1ccccc1Cl. The second-order valence-electron chi connectivity index (χ2n) is 5.64. The first-order valence-electron chi connectivity index (χ1n) is 7.63. The molecule has 1 aliphatic rings. The zero-order chi connectivity index (χ0) is 15.9. The Hall–Kier alpha value is -1.59. The molecule has 1 aromatic carbocycles. The van der Waals surface area contributed by atoms with Gasteiger partial charge in [0.15, 0.2) is 0 Å². The van der Waals surface area contributed by atoms with Gasteiger partial charge >= 0.3 is 0 Å². The van der Waals surface area contributed by atoms with Gasteiger partial charge in [0.25, 0.3) is 5.91 Å². The molecular formula is C16H22ClN3O2. The van der Waals surface area contributed by atoms with E-state index in [1.54, 1.807) is 24.3 Å². The Balaban J connectivity index is 1.65. The normalized spacial score (nSPS) is 20.6. The summed E-state index contributed by atoms with van der Waals surface area (Å²) in [5.41, 5.74) is 6.39. The lowest BCUT2D eigenvalue weighted by atomic mass is 10.00. The van der Waals surface area contributed by atoms with Crippen molar-refractivity contribution in [3.63, 3.8) is 0 Å². The van der Waals surface area contributed by atoms with Crippen molar-refractivity contribution in [1.82, 2.24) is 10.6 Å². The quantitative estimate of drug-likeness (QED) is 0.697. The van der Waals surface area contributed by atoms with Crippen LogP contribution in [-0.2, 0) is 4.79 Å². The van der Waals surface area contributed by atoms with E-state index in [4.69, 9.17) is 17.3 Å². The molecule has 0 unspecified atom stereocenters. The lowest BCUT2D eigenvalue weighted by molar-refractivity contribution is -0.122. The molecule has 120 valence electrons. The van der Waals surface area contributed by atoms with Crippen molar-refractivity contribution in [2.24, 2.45) is 11.7 Å². The second-order valence-corrected chi connectivity index (χ2v) is 6.05. The number of amides is 2. The molecule has 0 spiro atoms. The minimum Gasteiger partial charge on any atom is -0.354 e. The third-order valence-electron chi connectivity index (χ3n) is 4.02. The summed E-state index contributed by atoms with van der Waals surface area (Å²) in [7, 11) is 0. The highest BCUT2D eigenvalue weighted by Crippen LogP contribution is 2.26. The molecule has 2 rings (SSSR count). The molecule has 1 fully saturated rings. The van der Waals surface area contributed by atoms with Crippen LogP contribution in [0.5, 0.6) is 0 Å². The van der Waals surface area contributed by atoms with Crippen molar-refractivity contribution in [2.45, 2.75) is 31.7 Å². The van der Waals surface area contributed by atoms with E-state index in [1.807, 2.05) is 0 Å². The van der Waals surface area contributed by atoms with E-state index >= 15 is 0 Å². The molecular weight excluding hydrogens is 302 g/mol. The summed E-state index contributed by atoms with van der Waals surface area (Å²) in [6.07, 6.45) is 3.61. The van der Waals surface area contributed by atoms with Gasteiger partial charge < -0.3 is 16.4 Å². The molecule has 0 radical (unpaired) electrons. The molecule has 0 saturated heterocycles. The van der Waals surface area contributed by atoms with Crippen LogP contribution in [-0.4, -0.2) is 30.9 Å². The zero-order valence-corrected chi connectivity index (χ0v) is 13.2. The number of carbonyl (C=O) groups is 2. The number of carbonyl (C=O) groups excluding carboxylic acids is 2. The Bertz CT molecular complexity index is 536. The van der Waals surface area contributed by atoms with E-state index in [1.165, 1.54) is 0 Å². The Morgan fingerprint density at radius 3 is 2.59 bits per heavy atom. The summed E-state index contributed by atoms with van der Waals surface area (Å²) in [5, 5.41) is 5.96. The van der Waals surface area contributed by atoms with Crippen molar-refractivity contribution >= 4 is 23.4 Å². The molecule has 5 nitrogen and oxygen atoms in total. The molecule has 0 aliphatic heterocycles. The lowest BCUT2D eigenvalue weighted by Gasteiger charge is -2.14. The van der Waals surface area contributed by atoms with Gasteiger partial charge in [-0.1, -0.05) is 30.2 Å². The van der Waals surface area contributed by atoms with Crippen molar-refractivity contribution in [3.05, 3.63) is 34.9 Å². The molecule has 2 atom stereocenters. The van der Waals surface area contributed by atoms with Crippen LogP contribution in [0.3, 0.4) is 0 Å². The molecule has 4 N–H and O–H groups in total. The molecule has 6 heteroatoms. The fourth-order valence-electron chi connectivity index (χ4n) is 2.75. The van der Waals surface area contributed by atoms with Gasteiger partial charge in [-0.3, -0.25) is 9.59 Å². The maximum absolute atomic E-state index is 11.9. The molecule has 1 aliphatic carbocycles. The van der Waals surface area contributed by atoms with Crippen LogP contribution >= 0.6 is 11.6 Å². The summed E-state index contributed by atoms with van der Waals surface area (Å²) in [6, 6.07) is 7.01. The molecule has 1 saturated carbocycles. The van der Waals surface area contributed by atoms with Gasteiger partial charge in [0.2, 0.25) is 5.91 Å². The number of rotatable bonds is 6. The van der Waals surface area contributed by atoms with Crippen LogP contribution in [0.1, 0.15) is 36.0 Å². The molecule has 0 heterocycles. The lowest BCUT2D eigenvalue weighted by Crippen LogP contribution is -2.36. The summed E-state index contributed by atoms with van der Waals surface area (Å²) < 4.78 is 0. The van der Waals surface area contributed by atoms with Crippen molar-refractivity contribution in [3.8, 4) is 0 Å². The Morgan fingerprint density at radius 1 is 1.18 bits per heavy atom. The number of halogens is 1. The van der Waals surface area contributed by atoms with E-state index in [-0.39, 0.29) is 23.8 Å². The average Bonchev–Trinajstić information content (AvgIpc) is 2.89. The minimum absolute atomic E-state index is 0.00524. The van der Waals surface area contributed by atoms with Gasteiger partial charge in [0.05, 0.1) is 10.6 Å². The summed E-state index contributed by atoms with van der Waals surface area (Å²) in [5.74, 6) is 0.0460. The minimum atomic E-state index is -0.238. The van der Waals surface area contributed by atoms with Gasteiger partial charge in [0, 0.05) is 25.6 Å². The monoisotopic (exact) mass is 323 g/mol. The fraction of sp³-hybridized carbons (Fsp3) is 0.500. The third kappa shape index (κ3) is 4.71. The number of hydrogen-bond acceptors (Lipinski definition) is 3. The largest absolute Gasteiger partial charge is 0.354 e. The molecule has 22 heavy (non-hydrogen) atoms. The number of hydrogen-bond donors (Lipinski definition) is 3. The number of nitrogens with two attached hydrogens (primary N) is 1. The van der Waals surface area contributed by atoms with Crippen molar-refractivity contribution in [2.75, 3.05) is 13.1 Å². The van der Waals surface area contributed by atoms with Crippen molar-refractivity contribution < 1.29 is 9.59 Å². The highest BCUT2D eigenvalue weighted by Gasteiger charge is 2.25. The first-order chi connectivity index (χ1) is 10.6. The molecule has 0 aromatic heterocycles. The first kappa shape index (κ1) is 16.8. The maximum atomic E-state index is 11.9. The van der Waals surface area contributed by atoms with Crippen LogP contribution in [0.25, 0.3) is 0 Å². The fourth-order valence-corrected chi connectivity index (χ4v) is 2.97. The average molecular weight is 324 g/mol. The van der Waals surface area contributed by atoms with E-state index in [9.17, 15) is 9.59 Å². The molecule has 1 aromatic rings. The van der Waals surface area contributed by atoms with E-state index in [0.717, 1.165) is 19.3 Å². The van der Waals surface area contributed by atoms with Gasteiger partial charge in [0.1, 0.15) is 0 Å². The van der Waals surface area contributed by atoms with Crippen molar-refractivity contribution in [1.29, 1.82) is 0 Å². The first-order valence-corrected chi connectivity index (χ1v) is 8.00. The third-order valence-corrected chi connectivity index (χ3v) is 4.35. The van der Waals surface area contributed by atoms with Gasteiger partial charge in [-0.05, 0) is 30.9 Å². The highest BCUT2D eigenvalue weighted by atomic mass is 35.5. The topological polar surface area (TPSA) is 84.2 Å². The van der Waals surface area contributed by atoms with Crippen LogP contribution in [0.15, 0.2) is 24.3 Å². The predicted molar refractivity (Wildman–Crippen MR) is 86.7 cm³/mol. The van der Waals surface area contributed by atoms with Crippen LogP contribution in [0.4, 0.5) is 0 Å². The summed E-state index contributed by atoms with van der Waals surface area (Å²) >= 11 is 5.95. The maximum Gasteiger partial charge on any atom is 0.252 e. The Kier molecular flexibility index (Phi) is 6.21. The molecule has 0 bridgehead atoms. The van der Waals surface area contributed by atoms with Gasteiger partial charge in [-0.2, -0.15) is 0 Å². The number of nitrogens with one attached hydrogen (secondary N) is 2. The van der Waals surface area contributed by atoms with Crippen LogP contribution < -0.4 is 16.4 Å². The standard InChI is InChI=1S/C16H22ClN3O2/c17-13-6-2-1-5-12(13)16(22)20-9-8-19-15(21)10-11-4-3-7-14(11)18/h1-2,5-6,11,14H,3-4,7-10,18H2,(H,19,21)(H,20,22)/t11-,14+/m0/s1. The summed E-state index contributed by atoms with van der Waals surface area (Å²) in [6.45, 7) is 0.767. The number of benzene rings is 1. The Labute approximate surface area is 135 Å². The summed E-state index contributed by atoms with van der Waals surface area (Å²) in [4.78, 5) is 23.7. The van der Waals surface area contributed by atoms with Crippen LogP contribution in [0.2, 0.25) is 5.02 Å². The smallest absolute Gasteiger partial charge is 0.252 e.